The molecule has 0 aliphatic carbocycles. The summed E-state index contributed by atoms with van der Waals surface area (Å²) in [6.07, 6.45) is 0. The maximum atomic E-state index is 14.0. The highest BCUT2D eigenvalue weighted by Gasteiger charge is 2.41. The van der Waals surface area contributed by atoms with Crippen LogP contribution in [0.5, 0.6) is 5.75 Å². The quantitative estimate of drug-likeness (QED) is 0.646. The molecule has 0 aromatic heterocycles. The molecule has 30 heavy (non-hydrogen) atoms. The molecule has 1 heterocycles. The van der Waals surface area contributed by atoms with Gasteiger partial charge in [-0.1, -0.05) is 48.5 Å². The third-order valence-corrected chi connectivity index (χ3v) is 5.16. The number of halogens is 2. The third-order valence-electron chi connectivity index (χ3n) is 5.16. The Bertz CT molecular complexity index is 1110. The molecule has 3 aromatic carbocycles. The average molecular weight is 407 g/mol. The second-order valence-corrected chi connectivity index (χ2v) is 6.99. The molecule has 0 radical (unpaired) electrons. The van der Waals surface area contributed by atoms with Crippen LogP contribution < -0.4 is 4.74 Å². The Morgan fingerprint density at radius 1 is 0.967 bits per heavy atom. The third kappa shape index (κ3) is 3.52. The molecular formula is C24H19F2NO3. The second kappa shape index (κ2) is 7.99. The molecule has 4 nitrogen and oxygen atoms in total. The first-order valence-corrected chi connectivity index (χ1v) is 9.37. The Hall–Kier alpha value is -3.67. The summed E-state index contributed by atoms with van der Waals surface area (Å²) in [5.74, 6) is -2.28. The lowest BCUT2D eigenvalue weighted by Crippen LogP contribution is -2.30. The Morgan fingerprint density at radius 3 is 2.30 bits per heavy atom. The van der Waals surface area contributed by atoms with Gasteiger partial charge in [-0.3, -0.25) is 4.79 Å². The van der Waals surface area contributed by atoms with Gasteiger partial charge in [-0.2, -0.15) is 0 Å². The zero-order valence-corrected chi connectivity index (χ0v) is 16.2. The van der Waals surface area contributed by atoms with Crippen LogP contribution in [0.15, 0.2) is 78.6 Å². The molecule has 0 saturated heterocycles. The molecule has 0 fully saturated rings. The monoisotopic (exact) mass is 407 g/mol. The van der Waals surface area contributed by atoms with E-state index in [9.17, 15) is 18.7 Å². The number of aliphatic hydroxyl groups excluding tert-OH is 1. The van der Waals surface area contributed by atoms with Crippen LogP contribution in [0.2, 0.25) is 0 Å². The Labute approximate surface area is 172 Å². The molecule has 1 aliphatic heterocycles. The maximum absolute atomic E-state index is 14.0. The number of aliphatic hydroxyl groups is 1. The van der Waals surface area contributed by atoms with E-state index in [2.05, 4.69) is 0 Å². The van der Waals surface area contributed by atoms with E-state index in [4.69, 9.17) is 4.74 Å². The van der Waals surface area contributed by atoms with Crippen molar-refractivity contribution in [2.24, 2.45) is 0 Å². The van der Waals surface area contributed by atoms with E-state index in [0.717, 1.165) is 17.7 Å². The van der Waals surface area contributed by atoms with E-state index in [0.29, 0.717) is 22.4 Å². The fourth-order valence-corrected chi connectivity index (χ4v) is 3.69. The molecule has 0 unspecified atom stereocenters. The minimum absolute atomic E-state index is 0.173. The van der Waals surface area contributed by atoms with Crippen LogP contribution in [0.4, 0.5) is 8.78 Å². The van der Waals surface area contributed by atoms with E-state index in [1.807, 2.05) is 18.2 Å². The van der Waals surface area contributed by atoms with Gasteiger partial charge in [-0.05, 0) is 41.0 Å². The van der Waals surface area contributed by atoms with Gasteiger partial charge in [0.05, 0.1) is 13.2 Å². The summed E-state index contributed by atoms with van der Waals surface area (Å²) < 4.78 is 32.7. The lowest BCUT2D eigenvalue weighted by molar-refractivity contribution is -0.130. The largest absolute Gasteiger partial charge is 0.503 e. The number of carbonyl (C=O) groups is 1. The molecule has 152 valence electrons. The zero-order valence-electron chi connectivity index (χ0n) is 16.2. The van der Waals surface area contributed by atoms with Crippen LogP contribution in [0.3, 0.4) is 0 Å². The summed E-state index contributed by atoms with van der Waals surface area (Å²) in [7, 11) is 1.56. The van der Waals surface area contributed by atoms with Gasteiger partial charge < -0.3 is 14.7 Å². The van der Waals surface area contributed by atoms with Crippen LogP contribution in [-0.4, -0.2) is 23.0 Å². The molecule has 1 atom stereocenters. The highest BCUT2D eigenvalue weighted by Crippen LogP contribution is 2.44. The lowest BCUT2D eigenvalue weighted by atomic mass is 9.93. The fraction of sp³-hybridized carbons (Fsp3) is 0.125. The molecule has 1 amide bonds. The predicted molar refractivity (Wildman–Crippen MR) is 109 cm³/mol. The smallest absolute Gasteiger partial charge is 0.290 e. The average Bonchev–Trinajstić information content (AvgIpc) is 3.02. The first-order chi connectivity index (χ1) is 14.5. The number of carbonyl (C=O) groups excluding carboxylic acids is 1. The lowest BCUT2D eigenvalue weighted by Gasteiger charge is -2.27. The van der Waals surface area contributed by atoms with Gasteiger partial charge >= 0.3 is 0 Å². The first-order valence-electron chi connectivity index (χ1n) is 9.37. The molecule has 4 rings (SSSR count). The maximum Gasteiger partial charge on any atom is 0.290 e. The van der Waals surface area contributed by atoms with Gasteiger partial charge in [0.15, 0.2) is 17.4 Å². The van der Waals surface area contributed by atoms with E-state index >= 15 is 0 Å². The van der Waals surface area contributed by atoms with Crippen LogP contribution in [0.1, 0.15) is 22.7 Å². The van der Waals surface area contributed by atoms with E-state index in [1.54, 1.807) is 43.5 Å². The molecule has 6 heteroatoms. The number of hydrogen-bond acceptors (Lipinski definition) is 3. The SMILES string of the molecule is COc1ccc(CN2C(=O)C(O)=C(c3ccccc3)[C@@H]2c2ccc(F)c(F)c2)cc1. The molecule has 0 saturated carbocycles. The zero-order chi connectivity index (χ0) is 21.3. The standard InChI is InChI=1S/C24H19F2NO3/c1-30-18-10-7-15(8-11-18)14-27-22(17-9-12-19(25)20(26)13-17)21(23(28)24(27)29)16-5-3-2-4-6-16/h2-13,22,28H,14H2,1H3/t22-/m0/s1. The molecule has 1 aliphatic rings. The minimum Gasteiger partial charge on any atom is -0.503 e. The molecule has 3 aromatic rings. The highest BCUT2D eigenvalue weighted by molar-refractivity contribution is 6.05. The van der Waals surface area contributed by atoms with Gasteiger partial charge in [0.1, 0.15) is 5.75 Å². The summed E-state index contributed by atoms with van der Waals surface area (Å²) in [5.41, 5.74) is 2.17. The minimum atomic E-state index is -1.01. The number of rotatable bonds is 5. The summed E-state index contributed by atoms with van der Waals surface area (Å²) in [6, 6.07) is 18.8. The Kier molecular flexibility index (Phi) is 5.23. The summed E-state index contributed by atoms with van der Waals surface area (Å²) >= 11 is 0. The summed E-state index contributed by atoms with van der Waals surface area (Å²) in [6.45, 7) is 0.173. The number of methoxy groups -OCH3 is 1. The summed E-state index contributed by atoms with van der Waals surface area (Å²) in [5, 5.41) is 10.7. The summed E-state index contributed by atoms with van der Waals surface area (Å²) in [4.78, 5) is 14.4. The molecular weight excluding hydrogens is 388 g/mol. The second-order valence-electron chi connectivity index (χ2n) is 6.99. The van der Waals surface area contributed by atoms with Crippen LogP contribution >= 0.6 is 0 Å². The molecule has 0 bridgehead atoms. The number of hydrogen-bond donors (Lipinski definition) is 1. The topological polar surface area (TPSA) is 49.8 Å². The highest BCUT2D eigenvalue weighted by atomic mass is 19.2. The number of nitrogens with zero attached hydrogens (tertiary/aromatic N) is 1. The van der Waals surface area contributed by atoms with E-state index in [-0.39, 0.29) is 6.54 Å². The number of ether oxygens (including phenoxy) is 1. The molecule has 0 spiro atoms. The Morgan fingerprint density at radius 2 is 1.67 bits per heavy atom. The van der Waals surface area contributed by atoms with Crippen LogP contribution in [-0.2, 0) is 11.3 Å². The fourth-order valence-electron chi connectivity index (χ4n) is 3.69. The number of amides is 1. The molecule has 1 N–H and O–H groups in total. The normalized spacial score (nSPS) is 16.3. The van der Waals surface area contributed by atoms with Crippen molar-refractivity contribution in [3.8, 4) is 5.75 Å². The first kappa shape index (κ1) is 19.6. The van der Waals surface area contributed by atoms with E-state index in [1.165, 1.54) is 11.0 Å². The van der Waals surface area contributed by atoms with Crippen molar-refractivity contribution >= 4 is 11.5 Å². The van der Waals surface area contributed by atoms with Gasteiger partial charge in [0, 0.05) is 12.1 Å². The number of benzene rings is 3. The van der Waals surface area contributed by atoms with Crippen LogP contribution in [0, 0.1) is 11.6 Å². The van der Waals surface area contributed by atoms with Crippen molar-refractivity contribution in [1.29, 1.82) is 0 Å². The van der Waals surface area contributed by atoms with Gasteiger partial charge in [-0.15, -0.1) is 0 Å². The van der Waals surface area contributed by atoms with Crippen molar-refractivity contribution in [3.63, 3.8) is 0 Å². The predicted octanol–water partition coefficient (Wildman–Crippen LogP) is 5.03. The van der Waals surface area contributed by atoms with Gasteiger partial charge in [0.2, 0.25) is 0 Å². The van der Waals surface area contributed by atoms with Crippen molar-refractivity contribution < 1.29 is 23.4 Å². The van der Waals surface area contributed by atoms with Crippen LogP contribution in [0.25, 0.3) is 5.57 Å². The van der Waals surface area contributed by atoms with Gasteiger partial charge in [0.25, 0.3) is 5.91 Å². The van der Waals surface area contributed by atoms with Crippen molar-refractivity contribution in [2.45, 2.75) is 12.6 Å². The van der Waals surface area contributed by atoms with Crippen molar-refractivity contribution in [3.05, 3.63) is 107 Å². The van der Waals surface area contributed by atoms with Crippen molar-refractivity contribution in [1.82, 2.24) is 4.90 Å². The Balaban J connectivity index is 1.79. The van der Waals surface area contributed by atoms with Crippen molar-refractivity contribution in [2.75, 3.05) is 7.11 Å². The van der Waals surface area contributed by atoms with Gasteiger partial charge in [-0.25, -0.2) is 8.78 Å². The van der Waals surface area contributed by atoms with E-state index < -0.39 is 29.3 Å².